The van der Waals surface area contributed by atoms with E-state index in [0.717, 1.165) is 13.0 Å². The van der Waals surface area contributed by atoms with E-state index in [-0.39, 0.29) is 11.8 Å². The molecule has 0 heterocycles. The summed E-state index contributed by atoms with van der Waals surface area (Å²) in [6.07, 6.45) is 1.09. The largest absolute Gasteiger partial charge is 0.356 e. The Labute approximate surface area is 87.4 Å². The molecule has 2 unspecified atom stereocenters. The van der Waals surface area contributed by atoms with Gasteiger partial charge in [0.1, 0.15) is 0 Å². The molecule has 0 saturated heterocycles. The zero-order valence-electron chi connectivity index (χ0n) is 9.84. The number of nitrogens with two attached hydrogens (primary N) is 1. The first-order valence-corrected chi connectivity index (χ1v) is 5.50. The first kappa shape index (κ1) is 13.4. The quantitative estimate of drug-likeness (QED) is 0.680. The molecular formula is C11H24N2O. The number of hydrogen-bond donors (Lipinski definition) is 2. The van der Waals surface area contributed by atoms with Crippen LogP contribution in [0.25, 0.3) is 0 Å². The summed E-state index contributed by atoms with van der Waals surface area (Å²) in [7, 11) is 0. The minimum absolute atomic E-state index is 0.0425. The smallest absolute Gasteiger partial charge is 0.224 e. The lowest BCUT2D eigenvalue weighted by Crippen LogP contribution is -2.39. The fourth-order valence-corrected chi connectivity index (χ4v) is 1.23. The molecule has 0 aliphatic heterocycles. The van der Waals surface area contributed by atoms with Crippen molar-refractivity contribution in [2.45, 2.75) is 34.1 Å². The van der Waals surface area contributed by atoms with Gasteiger partial charge in [0.2, 0.25) is 5.91 Å². The third-order valence-electron chi connectivity index (χ3n) is 2.72. The van der Waals surface area contributed by atoms with Gasteiger partial charge in [0, 0.05) is 13.1 Å². The molecular weight excluding hydrogens is 176 g/mol. The molecule has 0 aromatic heterocycles. The number of nitrogens with one attached hydrogen (secondary N) is 1. The van der Waals surface area contributed by atoms with Gasteiger partial charge in [-0.15, -0.1) is 0 Å². The highest BCUT2D eigenvalue weighted by atomic mass is 16.1. The van der Waals surface area contributed by atoms with Crippen molar-refractivity contribution in [1.82, 2.24) is 5.32 Å². The fourth-order valence-electron chi connectivity index (χ4n) is 1.23. The molecule has 0 aliphatic rings. The zero-order chi connectivity index (χ0) is 11.1. The van der Waals surface area contributed by atoms with E-state index in [0.29, 0.717) is 18.4 Å². The van der Waals surface area contributed by atoms with Gasteiger partial charge in [0.25, 0.3) is 0 Å². The van der Waals surface area contributed by atoms with Crippen LogP contribution in [-0.4, -0.2) is 19.0 Å². The molecule has 84 valence electrons. The summed E-state index contributed by atoms with van der Waals surface area (Å²) in [6.45, 7) is 9.51. The van der Waals surface area contributed by atoms with Gasteiger partial charge in [-0.1, -0.05) is 34.1 Å². The van der Waals surface area contributed by atoms with Crippen LogP contribution in [0.1, 0.15) is 34.1 Å². The van der Waals surface area contributed by atoms with Crippen LogP contribution < -0.4 is 11.1 Å². The molecule has 3 N–H and O–H groups in total. The van der Waals surface area contributed by atoms with Crippen LogP contribution in [0.4, 0.5) is 0 Å². The predicted octanol–water partition coefficient (Wildman–Crippen LogP) is 1.38. The second-order valence-electron chi connectivity index (χ2n) is 4.34. The van der Waals surface area contributed by atoms with Crippen molar-refractivity contribution < 1.29 is 4.79 Å². The van der Waals surface area contributed by atoms with E-state index in [1.165, 1.54) is 0 Å². The molecule has 3 nitrogen and oxygen atoms in total. The Morgan fingerprint density at radius 2 is 1.93 bits per heavy atom. The molecule has 0 bridgehead atoms. The summed E-state index contributed by atoms with van der Waals surface area (Å²) in [5.41, 5.74) is 5.55. The average molecular weight is 200 g/mol. The van der Waals surface area contributed by atoms with E-state index in [1.54, 1.807) is 0 Å². The maximum atomic E-state index is 11.6. The molecule has 0 radical (unpaired) electrons. The molecule has 3 heteroatoms. The summed E-state index contributed by atoms with van der Waals surface area (Å²) in [6, 6.07) is 0. The van der Waals surface area contributed by atoms with Gasteiger partial charge in [-0.2, -0.15) is 0 Å². The Morgan fingerprint density at radius 1 is 1.36 bits per heavy atom. The lowest BCUT2D eigenvalue weighted by atomic mass is 9.95. The van der Waals surface area contributed by atoms with Gasteiger partial charge in [-0.25, -0.2) is 0 Å². The lowest BCUT2D eigenvalue weighted by Gasteiger charge is -2.19. The maximum absolute atomic E-state index is 11.6. The number of rotatable bonds is 6. The van der Waals surface area contributed by atoms with E-state index in [4.69, 9.17) is 5.73 Å². The molecule has 0 spiro atoms. The van der Waals surface area contributed by atoms with E-state index < -0.39 is 0 Å². The molecule has 0 saturated carbocycles. The van der Waals surface area contributed by atoms with Crippen molar-refractivity contribution in [2.24, 2.45) is 23.5 Å². The van der Waals surface area contributed by atoms with Gasteiger partial charge in [0.05, 0.1) is 5.92 Å². The Kier molecular flexibility index (Phi) is 6.54. The van der Waals surface area contributed by atoms with Gasteiger partial charge >= 0.3 is 0 Å². The van der Waals surface area contributed by atoms with Crippen LogP contribution >= 0.6 is 0 Å². The summed E-state index contributed by atoms with van der Waals surface area (Å²) in [5, 5.41) is 2.95. The minimum Gasteiger partial charge on any atom is -0.356 e. The number of carbonyl (C=O) groups excluding carboxylic acids is 1. The van der Waals surface area contributed by atoms with Crippen LogP contribution in [0.5, 0.6) is 0 Å². The summed E-state index contributed by atoms with van der Waals surface area (Å²) in [5.74, 6) is 0.920. The van der Waals surface area contributed by atoms with Crippen molar-refractivity contribution in [1.29, 1.82) is 0 Å². The van der Waals surface area contributed by atoms with Crippen molar-refractivity contribution in [3.63, 3.8) is 0 Å². The minimum atomic E-state index is -0.0425. The van der Waals surface area contributed by atoms with Crippen LogP contribution in [0.3, 0.4) is 0 Å². The van der Waals surface area contributed by atoms with Crippen molar-refractivity contribution in [2.75, 3.05) is 13.1 Å². The van der Waals surface area contributed by atoms with Crippen molar-refractivity contribution in [3.8, 4) is 0 Å². The van der Waals surface area contributed by atoms with Gasteiger partial charge < -0.3 is 11.1 Å². The van der Waals surface area contributed by atoms with Crippen LogP contribution in [0, 0.1) is 17.8 Å². The van der Waals surface area contributed by atoms with E-state index >= 15 is 0 Å². The third-order valence-corrected chi connectivity index (χ3v) is 2.72. The highest BCUT2D eigenvalue weighted by Crippen LogP contribution is 2.09. The molecule has 0 aromatic carbocycles. The average Bonchev–Trinajstić information content (AvgIpc) is 2.14. The standard InChI is InChI=1S/C11H24N2O/c1-5-9(4)7-13-11(14)10(6-12)8(2)3/h8-10H,5-7,12H2,1-4H3,(H,13,14). The molecule has 0 rings (SSSR count). The molecule has 0 aliphatic carbocycles. The predicted molar refractivity (Wildman–Crippen MR) is 59.8 cm³/mol. The Bertz CT molecular complexity index is 169. The van der Waals surface area contributed by atoms with Crippen LogP contribution in [-0.2, 0) is 4.79 Å². The molecule has 0 fully saturated rings. The Hall–Kier alpha value is -0.570. The SMILES string of the molecule is CCC(C)CNC(=O)C(CN)C(C)C. The second-order valence-corrected chi connectivity index (χ2v) is 4.34. The fraction of sp³-hybridized carbons (Fsp3) is 0.909. The first-order chi connectivity index (χ1) is 6.52. The molecule has 14 heavy (non-hydrogen) atoms. The monoisotopic (exact) mass is 200 g/mol. The highest BCUT2D eigenvalue weighted by Gasteiger charge is 2.20. The summed E-state index contributed by atoms with van der Waals surface area (Å²) < 4.78 is 0. The van der Waals surface area contributed by atoms with E-state index in [2.05, 4.69) is 19.2 Å². The van der Waals surface area contributed by atoms with Crippen molar-refractivity contribution in [3.05, 3.63) is 0 Å². The highest BCUT2D eigenvalue weighted by molar-refractivity contribution is 5.79. The maximum Gasteiger partial charge on any atom is 0.224 e. The van der Waals surface area contributed by atoms with Crippen molar-refractivity contribution >= 4 is 5.91 Å². The third kappa shape index (κ3) is 4.61. The molecule has 2 atom stereocenters. The Morgan fingerprint density at radius 3 is 2.29 bits per heavy atom. The Balaban J connectivity index is 3.93. The van der Waals surface area contributed by atoms with Crippen LogP contribution in [0.2, 0.25) is 0 Å². The summed E-state index contributed by atoms with van der Waals surface area (Å²) >= 11 is 0. The number of hydrogen-bond acceptors (Lipinski definition) is 2. The number of carbonyl (C=O) groups is 1. The van der Waals surface area contributed by atoms with Gasteiger partial charge in [0.15, 0.2) is 0 Å². The zero-order valence-corrected chi connectivity index (χ0v) is 9.84. The lowest BCUT2D eigenvalue weighted by molar-refractivity contribution is -0.126. The van der Waals surface area contributed by atoms with Gasteiger partial charge in [-0.3, -0.25) is 4.79 Å². The first-order valence-electron chi connectivity index (χ1n) is 5.50. The van der Waals surface area contributed by atoms with Gasteiger partial charge in [-0.05, 0) is 11.8 Å². The number of amides is 1. The topological polar surface area (TPSA) is 55.1 Å². The van der Waals surface area contributed by atoms with E-state index in [1.807, 2.05) is 13.8 Å². The molecule has 0 aromatic rings. The molecule has 1 amide bonds. The summed E-state index contributed by atoms with van der Waals surface area (Å²) in [4.78, 5) is 11.6. The normalized spacial score (nSPS) is 15.3. The second kappa shape index (κ2) is 6.82. The van der Waals surface area contributed by atoms with E-state index in [9.17, 15) is 4.79 Å². The van der Waals surface area contributed by atoms with Crippen LogP contribution in [0.15, 0.2) is 0 Å².